The van der Waals surface area contributed by atoms with Gasteiger partial charge in [-0.25, -0.2) is 0 Å². The van der Waals surface area contributed by atoms with Crippen LogP contribution < -0.4 is 4.74 Å². The number of hydrogen-bond donors (Lipinski definition) is 0. The van der Waals surface area contributed by atoms with Crippen LogP contribution in [0.15, 0.2) is 14.8 Å². The van der Waals surface area contributed by atoms with Gasteiger partial charge in [0.25, 0.3) is 0 Å². The molecule has 10 heavy (non-hydrogen) atoms. The van der Waals surface area contributed by atoms with Crippen LogP contribution in [0.3, 0.4) is 0 Å². The number of rotatable bonds is 0. The molecule has 0 amide bonds. The molecule has 1 unspecified atom stereocenters. The van der Waals surface area contributed by atoms with Crippen LogP contribution in [-0.4, -0.2) is 26.4 Å². The molecule has 0 spiro atoms. The molecule has 54 valence electrons. The molecule has 1 aliphatic rings. The van der Waals surface area contributed by atoms with Crippen molar-refractivity contribution in [3.05, 3.63) is 9.88 Å². The van der Waals surface area contributed by atoms with Gasteiger partial charge in [-0.1, -0.05) is 0 Å². The summed E-state index contributed by atoms with van der Waals surface area (Å²) in [6, 6.07) is 0. The first-order valence-corrected chi connectivity index (χ1v) is 6.18. The van der Waals surface area contributed by atoms with Crippen molar-refractivity contribution in [3.63, 3.8) is 0 Å². The second kappa shape index (κ2) is 2.65. The molecule has 0 bridgehead atoms. The van der Waals surface area contributed by atoms with Gasteiger partial charge in [0.15, 0.2) is 0 Å². The van der Waals surface area contributed by atoms with E-state index in [0.29, 0.717) is 20.6 Å². The molecule has 1 nitrogen and oxygen atoms in total. The Labute approximate surface area is 70.5 Å². The molecule has 1 atom stereocenters. The van der Waals surface area contributed by atoms with E-state index in [1.807, 2.05) is 11.8 Å². The third-order valence-electron chi connectivity index (χ3n) is 1.39. The van der Waals surface area contributed by atoms with E-state index < -0.39 is 0 Å². The monoisotopic (exact) mass is 220 g/mol. The Morgan fingerprint density at radius 3 is 3.50 bits per heavy atom. The van der Waals surface area contributed by atoms with Crippen molar-refractivity contribution >= 4 is 26.3 Å². The zero-order chi connectivity index (χ0) is 6.97. The predicted octanol–water partition coefficient (Wildman–Crippen LogP) is 1.62. The van der Waals surface area contributed by atoms with E-state index in [2.05, 4.69) is 16.8 Å². The van der Waals surface area contributed by atoms with Crippen molar-refractivity contribution in [2.75, 3.05) is 5.75 Å². The van der Waals surface area contributed by atoms with E-state index in [9.17, 15) is 0 Å². The fourth-order valence-electron chi connectivity index (χ4n) is 0.923. The summed E-state index contributed by atoms with van der Waals surface area (Å²) in [7, 11) is 0. The summed E-state index contributed by atoms with van der Waals surface area (Å²) in [6.07, 6.45) is 0.405. The van der Waals surface area contributed by atoms with Gasteiger partial charge in [0, 0.05) is 0 Å². The van der Waals surface area contributed by atoms with Gasteiger partial charge >= 0.3 is 70.3 Å². The van der Waals surface area contributed by atoms with Crippen LogP contribution in [0.1, 0.15) is 6.92 Å². The van der Waals surface area contributed by atoms with Crippen LogP contribution >= 0.6 is 11.8 Å². The average molecular weight is 219 g/mol. The molecule has 3 heteroatoms. The molecule has 0 aliphatic carbocycles. The Balaban J connectivity index is 2.30. The maximum absolute atomic E-state index is 5.60. The second-order valence-corrected chi connectivity index (χ2v) is 4.96. The Bertz CT molecular complexity index is 233. The fraction of sp³-hybridized carbons (Fsp3) is 0.429. The van der Waals surface area contributed by atoms with Crippen LogP contribution in [0.5, 0.6) is 5.75 Å². The van der Waals surface area contributed by atoms with Crippen LogP contribution in [0.25, 0.3) is 0 Å². The van der Waals surface area contributed by atoms with Crippen LogP contribution in [0.2, 0.25) is 0 Å². The third-order valence-corrected chi connectivity index (χ3v) is 4.51. The van der Waals surface area contributed by atoms with Crippen molar-refractivity contribution in [2.24, 2.45) is 0 Å². The summed E-state index contributed by atoms with van der Waals surface area (Å²) in [4.78, 5) is 5.88. The molecule has 0 aromatic carbocycles. The maximum atomic E-state index is 5.60. The first kappa shape index (κ1) is 6.83. The van der Waals surface area contributed by atoms with E-state index in [1.54, 1.807) is 0 Å². The Kier molecular flexibility index (Phi) is 1.81. The molecular weight excluding hydrogens is 211 g/mol. The molecule has 2 rings (SSSR count). The third kappa shape index (κ3) is 1.14. The Morgan fingerprint density at radius 2 is 2.60 bits per heavy atom. The van der Waals surface area contributed by atoms with E-state index >= 15 is 0 Å². The van der Waals surface area contributed by atoms with Crippen molar-refractivity contribution in [2.45, 2.75) is 17.9 Å². The van der Waals surface area contributed by atoms with Gasteiger partial charge < -0.3 is 0 Å². The fourth-order valence-corrected chi connectivity index (χ4v) is 3.90. The summed E-state index contributed by atoms with van der Waals surface area (Å²) < 4.78 is 5.60. The molecule has 2 heterocycles. The van der Waals surface area contributed by atoms with Gasteiger partial charge in [-0.15, -0.1) is 0 Å². The minimum atomic E-state index is 0.405. The molecule has 0 saturated carbocycles. The molecule has 0 radical (unpaired) electrons. The number of ether oxygens (including phenoxy) is 1. The summed E-state index contributed by atoms with van der Waals surface area (Å²) in [5.74, 6) is 2.25. The van der Waals surface area contributed by atoms with Gasteiger partial charge in [0.2, 0.25) is 0 Å². The first-order chi connectivity index (χ1) is 4.86. The standard InChI is InChI=1S/C7H8OSSe/c1-5-2-9-7-4-10-3-6(7)8-5/h3-5H,2H2,1H3. The molecule has 0 saturated heterocycles. The number of hydrogen-bond acceptors (Lipinski definition) is 2. The van der Waals surface area contributed by atoms with Gasteiger partial charge in [0.1, 0.15) is 0 Å². The van der Waals surface area contributed by atoms with Gasteiger partial charge in [-0.3, -0.25) is 0 Å². The number of fused-ring (bicyclic) bond motifs is 1. The summed E-state index contributed by atoms with van der Waals surface area (Å²) in [6.45, 7) is 2.12. The van der Waals surface area contributed by atoms with Crippen molar-refractivity contribution in [1.29, 1.82) is 0 Å². The van der Waals surface area contributed by atoms with Gasteiger partial charge in [0.05, 0.1) is 0 Å². The van der Waals surface area contributed by atoms with Crippen LogP contribution in [0, 0.1) is 0 Å². The molecule has 1 aliphatic heterocycles. The normalized spacial score (nSPS) is 23.5. The van der Waals surface area contributed by atoms with Crippen molar-refractivity contribution in [1.82, 2.24) is 0 Å². The zero-order valence-electron chi connectivity index (χ0n) is 5.66. The minimum absolute atomic E-state index is 0.405. The molecule has 0 N–H and O–H groups in total. The number of thioether (sulfide) groups is 1. The van der Waals surface area contributed by atoms with E-state index in [1.165, 1.54) is 4.90 Å². The molecule has 1 aromatic rings. The first-order valence-electron chi connectivity index (χ1n) is 3.22. The van der Waals surface area contributed by atoms with E-state index in [0.717, 1.165) is 11.5 Å². The predicted molar refractivity (Wildman–Crippen MR) is 44.2 cm³/mol. The summed E-state index contributed by atoms with van der Waals surface area (Å²) in [5, 5.41) is 0. The summed E-state index contributed by atoms with van der Waals surface area (Å²) >= 11 is 2.50. The van der Waals surface area contributed by atoms with Crippen LogP contribution in [-0.2, 0) is 0 Å². The second-order valence-electron chi connectivity index (χ2n) is 2.34. The van der Waals surface area contributed by atoms with Crippen molar-refractivity contribution < 1.29 is 4.74 Å². The molecule has 1 aromatic heterocycles. The average Bonchev–Trinajstić information content (AvgIpc) is 2.33. The Morgan fingerprint density at radius 1 is 1.70 bits per heavy atom. The van der Waals surface area contributed by atoms with Gasteiger partial charge in [-0.2, -0.15) is 0 Å². The summed E-state index contributed by atoms with van der Waals surface area (Å²) in [5.41, 5.74) is 0. The Hall–Kier alpha value is 0.149. The van der Waals surface area contributed by atoms with Gasteiger partial charge in [-0.05, 0) is 0 Å². The van der Waals surface area contributed by atoms with Crippen LogP contribution in [0.4, 0.5) is 0 Å². The molecule has 0 fully saturated rings. The quantitative estimate of drug-likeness (QED) is 0.613. The van der Waals surface area contributed by atoms with E-state index in [4.69, 9.17) is 4.74 Å². The topological polar surface area (TPSA) is 9.23 Å². The zero-order valence-corrected chi connectivity index (χ0v) is 8.19. The van der Waals surface area contributed by atoms with Crippen molar-refractivity contribution in [3.8, 4) is 5.75 Å². The SMILES string of the molecule is CC1CSc2c[se]cc2O1. The molecular formula is C7H8OSSe. The van der Waals surface area contributed by atoms with E-state index in [-0.39, 0.29) is 0 Å².